The van der Waals surface area contributed by atoms with Crippen molar-refractivity contribution < 1.29 is 14.6 Å². The summed E-state index contributed by atoms with van der Waals surface area (Å²) in [6.07, 6.45) is 0.768. The van der Waals surface area contributed by atoms with Crippen molar-refractivity contribution in [3.05, 3.63) is 0 Å². The van der Waals surface area contributed by atoms with Crippen LogP contribution in [0.5, 0.6) is 0 Å². The van der Waals surface area contributed by atoms with E-state index in [1.807, 2.05) is 13.8 Å². The second-order valence-electron chi connectivity index (χ2n) is 3.93. The summed E-state index contributed by atoms with van der Waals surface area (Å²) < 4.78 is 4.65. The average molecular weight is 187 g/mol. The highest BCUT2D eigenvalue weighted by Crippen LogP contribution is 2.28. The summed E-state index contributed by atoms with van der Waals surface area (Å²) >= 11 is 0. The summed E-state index contributed by atoms with van der Waals surface area (Å²) in [6.45, 7) is 4.37. The van der Waals surface area contributed by atoms with Crippen LogP contribution in [0.1, 0.15) is 26.7 Å². The van der Waals surface area contributed by atoms with Crippen molar-refractivity contribution in [2.24, 2.45) is 0 Å². The zero-order valence-corrected chi connectivity index (χ0v) is 8.41. The molecule has 1 unspecified atom stereocenters. The number of piperidine rings is 1. The van der Waals surface area contributed by atoms with Crippen LogP contribution in [0.25, 0.3) is 0 Å². The number of carbonyl (C=O) groups is 1. The van der Waals surface area contributed by atoms with Crippen LogP contribution in [0, 0.1) is 0 Å². The number of aliphatic hydroxyl groups excluding tert-OH is 1. The van der Waals surface area contributed by atoms with E-state index in [2.05, 4.69) is 4.74 Å². The van der Waals surface area contributed by atoms with Gasteiger partial charge >= 0.3 is 6.09 Å². The van der Waals surface area contributed by atoms with Crippen LogP contribution in [-0.4, -0.2) is 41.4 Å². The minimum atomic E-state index is -0.509. The normalized spacial score (nSPS) is 27.1. The lowest BCUT2D eigenvalue weighted by Crippen LogP contribution is -2.58. The van der Waals surface area contributed by atoms with E-state index in [0.717, 1.165) is 12.8 Å². The third-order valence-corrected chi connectivity index (χ3v) is 2.77. The maximum Gasteiger partial charge on any atom is 0.410 e. The fourth-order valence-corrected chi connectivity index (χ4v) is 1.70. The fourth-order valence-electron chi connectivity index (χ4n) is 1.70. The third kappa shape index (κ3) is 1.77. The molecule has 0 aromatic carbocycles. The predicted octanol–water partition coefficient (Wildman–Crippen LogP) is 0.988. The zero-order valence-electron chi connectivity index (χ0n) is 8.41. The van der Waals surface area contributed by atoms with E-state index in [1.165, 1.54) is 7.11 Å². The Morgan fingerprint density at radius 1 is 1.62 bits per heavy atom. The molecule has 0 radical (unpaired) electrons. The van der Waals surface area contributed by atoms with Crippen molar-refractivity contribution in [3.8, 4) is 0 Å². The number of carbonyl (C=O) groups excluding carboxylic acids is 1. The van der Waals surface area contributed by atoms with Gasteiger partial charge in [0.15, 0.2) is 0 Å². The molecule has 1 aliphatic rings. The van der Waals surface area contributed by atoms with Crippen molar-refractivity contribution in [1.29, 1.82) is 0 Å². The quantitative estimate of drug-likeness (QED) is 0.615. The fraction of sp³-hybridized carbons (Fsp3) is 0.889. The second-order valence-corrected chi connectivity index (χ2v) is 3.93. The van der Waals surface area contributed by atoms with Crippen LogP contribution in [0.2, 0.25) is 0 Å². The number of aliphatic hydroxyl groups is 1. The molecule has 0 aromatic heterocycles. The number of methoxy groups -OCH3 is 1. The monoisotopic (exact) mass is 187 g/mol. The molecule has 1 atom stereocenters. The minimum Gasteiger partial charge on any atom is -0.453 e. The lowest BCUT2D eigenvalue weighted by molar-refractivity contribution is -0.0357. The van der Waals surface area contributed by atoms with E-state index >= 15 is 0 Å². The Bertz CT molecular complexity index is 203. The average Bonchev–Trinajstić information content (AvgIpc) is 2.08. The summed E-state index contributed by atoms with van der Waals surface area (Å²) in [4.78, 5) is 12.9. The van der Waals surface area contributed by atoms with Gasteiger partial charge < -0.3 is 14.7 Å². The Hall–Kier alpha value is -0.770. The molecular formula is C9H17NO3. The zero-order chi connectivity index (χ0) is 10.1. The Morgan fingerprint density at radius 2 is 2.23 bits per heavy atom. The van der Waals surface area contributed by atoms with Crippen LogP contribution in [0.15, 0.2) is 0 Å². The van der Waals surface area contributed by atoms with Gasteiger partial charge in [-0.2, -0.15) is 0 Å². The van der Waals surface area contributed by atoms with Crippen LogP contribution < -0.4 is 0 Å². The van der Waals surface area contributed by atoms with E-state index in [-0.39, 0.29) is 6.09 Å². The number of likely N-dealkylation sites (tertiary alicyclic amines) is 1. The number of hydrogen-bond acceptors (Lipinski definition) is 3. The summed E-state index contributed by atoms with van der Waals surface area (Å²) in [5, 5.41) is 9.70. The highest BCUT2D eigenvalue weighted by atomic mass is 16.5. The molecule has 4 nitrogen and oxygen atoms in total. The minimum absolute atomic E-state index is 0.358. The molecule has 1 N–H and O–H groups in total. The van der Waals surface area contributed by atoms with Crippen molar-refractivity contribution in [3.63, 3.8) is 0 Å². The first kappa shape index (κ1) is 10.3. The van der Waals surface area contributed by atoms with Gasteiger partial charge in [0.25, 0.3) is 0 Å². The smallest absolute Gasteiger partial charge is 0.410 e. The molecule has 0 saturated carbocycles. The molecule has 1 saturated heterocycles. The topological polar surface area (TPSA) is 49.8 Å². The molecular weight excluding hydrogens is 170 g/mol. The van der Waals surface area contributed by atoms with E-state index in [1.54, 1.807) is 4.90 Å². The molecule has 0 spiro atoms. The third-order valence-electron chi connectivity index (χ3n) is 2.77. The molecule has 76 valence electrons. The van der Waals surface area contributed by atoms with Gasteiger partial charge in [-0.05, 0) is 26.7 Å². The van der Waals surface area contributed by atoms with Gasteiger partial charge in [0, 0.05) is 6.54 Å². The Morgan fingerprint density at radius 3 is 2.77 bits per heavy atom. The second kappa shape index (κ2) is 3.54. The molecule has 0 aromatic rings. The Labute approximate surface area is 78.5 Å². The van der Waals surface area contributed by atoms with Gasteiger partial charge in [-0.3, -0.25) is 0 Å². The van der Waals surface area contributed by atoms with Crippen LogP contribution >= 0.6 is 0 Å². The standard InChI is InChI=1S/C9H17NO3/c1-9(2)7(11)5-4-6-10(9)8(12)13-3/h7,11H,4-6H2,1-3H3. The molecule has 1 amide bonds. The lowest BCUT2D eigenvalue weighted by Gasteiger charge is -2.44. The summed E-state index contributed by atoms with van der Waals surface area (Å²) in [5.74, 6) is 0. The number of hydrogen-bond donors (Lipinski definition) is 1. The van der Waals surface area contributed by atoms with Gasteiger partial charge in [-0.25, -0.2) is 4.79 Å². The number of amides is 1. The van der Waals surface area contributed by atoms with Crippen molar-refractivity contribution in [1.82, 2.24) is 4.90 Å². The van der Waals surface area contributed by atoms with Gasteiger partial charge in [0.1, 0.15) is 0 Å². The number of nitrogens with zero attached hydrogens (tertiary/aromatic N) is 1. The number of ether oxygens (including phenoxy) is 1. The van der Waals surface area contributed by atoms with Gasteiger partial charge in [0.05, 0.1) is 18.8 Å². The largest absolute Gasteiger partial charge is 0.453 e. The van der Waals surface area contributed by atoms with Crippen molar-refractivity contribution >= 4 is 6.09 Å². The first-order valence-corrected chi connectivity index (χ1v) is 4.54. The van der Waals surface area contributed by atoms with E-state index < -0.39 is 11.6 Å². The predicted molar refractivity (Wildman–Crippen MR) is 48.4 cm³/mol. The van der Waals surface area contributed by atoms with Crippen molar-refractivity contribution in [2.75, 3.05) is 13.7 Å². The maximum atomic E-state index is 11.3. The lowest BCUT2D eigenvalue weighted by atomic mass is 9.88. The summed E-state index contributed by atoms with van der Waals surface area (Å²) in [6, 6.07) is 0. The molecule has 1 rings (SSSR count). The molecule has 1 aliphatic heterocycles. The Kier molecular flexibility index (Phi) is 2.81. The van der Waals surface area contributed by atoms with Gasteiger partial charge in [-0.15, -0.1) is 0 Å². The number of rotatable bonds is 0. The molecule has 4 heteroatoms. The van der Waals surface area contributed by atoms with Crippen molar-refractivity contribution in [2.45, 2.75) is 38.3 Å². The van der Waals surface area contributed by atoms with Gasteiger partial charge in [0.2, 0.25) is 0 Å². The molecule has 1 fully saturated rings. The summed E-state index contributed by atoms with van der Waals surface area (Å²) in [7, 11) is 1.36. The van der Waals surface area contributed by atoms with E-state index in [4.69, 9.17) is 0 Å². The van der Waals surface area contributed by atoms with Crippen LogP contribution in [-0.2, 0) is 4.74 Å². The Balaban J connectivity index is 2.77. The highest BCUT2D eigenvalue weighted by Gasteiger charge is 2.40. The van der Waals surface area contributed by atoms with Crippen LogP contribution in [0.3, 0.4) is 0 Å². The first-order valence-electron chi connectivity index (χ1n) is 4.54. The first-order chi connectivity index (χ1) is 6.00. The van der Waals surface area contributed by atoms with E-state index in [9.17, 15) is 9.90 Å². The summed E-state index contributed by atoms with van der Waals surface area (Å²) in [5.41, 5.74) is -0.509. The maximum absolute atomic E-state index is 11.3. The highest BCUT2D eigenvalue weighted by molar-refractivity contribution is 5.68. The molecule has 0 aliphatic carbocycles. The van der Waals surface area contributed by atoms with E-state index in [0.29, 0.717) is 6.54 Å². The molecule has 0 bridgehead atoms. The SMILES string of the molecule is COC(=O)N1CCCC(O)C1(C)C. The molecule has 1 heterocycles. The molecule has 13 heavy (non-hydrogen) atoms. The van der Waals surface area contributed by atoms with Crippen LogP contribution in [0.4, 0.5) is 4.79 Å². The van der Waals surface area contributed by atoms with Gasteiger partial charge in [-0.1, -0.05) is 0 Å².